The fourth-order valence-corrected chi connectivity index (χ4v) is 3.73. The Bertz CT molecular complexity index is 1210. The van der Waals surface area contributed by atoms with Gasteiger partial charge in [-0.15, -0.1) is 0 Å². The van der Waals surface area contributed by atoms with Gasteiger partial charge in [-0.2, -0.15) is 32.3 Å². The van der Waals surface area contributed by atoms with Crippen molar-refractivity contribution in [3.8, 4) is 0 Å². The summed E-state index contributed by atoms with van der Waals surface area (Å²) in [5.41, 5.74) is 1.95. The number of halogens is 5. The zero-order chi connectivity index (χ0) is 19.6. The van der Waals surface area contributed by atoms with E-state index in [4.69, 9.17) is 11.6 Å². The first-order valence-electron chi connectivity index (χ1n) is 8.39. The molecule has 4 aromatic heterocycles. The molecule has 1 aliphatic rings. The third-order valence-corrected chi connectivity index (χ3v) is 5.02. The summed E-state index contributed by atoms with van der Waals surface area (Å²) in [6.07, 6.45) is -1.25. The number of fused-ring (bicyclic) bond motifs is 2. The van der Waals surface area contributed by atoms with Crippen LogP contribution in [0.4, 0.5) is 17.6 Å². The molecule has 1 aliphatic carbocycles. The van der Waals surface area contributed by atoms with E-state index in [1.165, 1.54) is 6.20 Å². The van der Waals surface area contributed by atoms with Crippen molar-refractivity contribution in [3.05, 3.63) is 53.0 Å². The number of hydrogen-bond acceptors (Lipinski definition) is 4. The van der Waals surface area contributed by atoms with Crippen LogP contribution in [0.2, 0.25) is 5.15 Å². The zero-order valence-corrected chi connectivity index (χ0v) is 14.8. The summed E-state index contributed by atoms with van der Waals surface area (Å²) in [5, 5.41) is 8.35. The van der Waals surface area contributed by atoms with Gasteiger partial charge in [-0.25, -0.2) is 14.6 Å². The second-order valence-electron chi connectivity index (χ2n) is 6.75. The minimum absolute atomic E-state index is 0.0197. The first-order valence-corrected chi connectivity index (χ1v) is 8.77. The van der Waals surface area contributed by atoms with Crippen LogP contribution in [-0.4, -0.2) is 35.5 Å². The number of imidazole rings is 1. The van der Waals surface area contributed by atoms with Gasteiger partial charge < -0.3 is 0 Å². The van der Waals surface area contributed by atoms with Gasteiger partial charge in [-0.1, -0.05) is 11.6 Å². The first kappa shape index (κ1) is 17.4. The Kier molecular flexibility index (Phi) is 3.64. The second-order valence-corrected chi connectivity index (χ2v) is 7.14. The topological polar surface area (TPSA) is 60.9 Å². The molecule has 11 heteroatoms. The Morgan fingerprint density at radius 1 is 1.14 bits per heavy atom. The SMILES string of the molecule is Fc1cnc2c(C3C[C@@H]3c3ccc4cnn(CC(F)(F)F)c4n3)cc(Cl)nn12. The molecular weight excluding hydrogens is 400 g/mol. The molecule has 4 aromatic rings. The van der Waals surface area contributed by atoms with E-state index >= 15 is 0 Å². The maximum Gasteiger partial charge on any atom is 0.408 e. The van der Waals surface area contributed by atoms with Crippen LogP contribution in [0.15, 0.2) is 30.6 Å². The number of rotatable bonds is 3. The lowest BCUT2D eigenvalue weighted by Gasteiger charge is -2.08. The van der Waals surface area contributed by atoms with Crippen molar-refractivity contribution >= 4 is 28.3 Å². The summed E-state index contributed by atoms with van der Waals surface area (Å²) < 4.78 is 53.9. The van der Waals surface area contributed by atoms with Crippen molar-refractivity contribution in [3.63, 3.8) is 0 Å². The lowest BCUT2D eigenvalue weighted by molar-refractivity contribution is -0.141. The molecule has 0 bridgehead atoms. The molecular formula is C17H11ClF4N6. The molecule has 0 N–H and O–H groups in total. The fraction of sp³-hybridized carbons (Fsp3) is 0.294. The average Bonchev–Trinajstić information content (AvgIpc) is 3.22. The molecule has 0 radical (unpaired) electrons. The van der Waals surface area contributed by atoms with Crippen LogP contribution in [0.25, 0.3) is 16.7 Å². The van der Waals surface area contributed by atoms with Gasteiger partial charge in [0.25, 0.3) is 0 Å². The van der Waals surface area contributed by atoms with Gasteiger partial charge in [0, 0.05) is 22.6 Å². The van der Waals surface area contributed by atoms with Gasteiger partial charge in [-0.3, -0.25) is 0 Å². The van der Waals surface area contributed by atoms with E-state index in [1.54, 1.807) is 18.2 Å². The van der Waals surface area contributed by atoms with Crippen LogP contribution >= 0.6 is 11.6 Å². The molecule has 2 atom stereocenters. The van der Waals surface area contributed by atoms with E-state index in [9.17, 15) is 17.6 Å². The quantitative estimate of drug-likeness (QED) is 0.477. The van der Waals surface area contributed by atoms with Crippen molar-refractivity contribution < 1.29 is 17.6 Å². The lowest BCUT2D eigenvalue weighted by Crippen LogP contribution is -2.18. The summed E-state index contributed by atoms with van der Waals surface area (Å²) in [6.45, 7) is -1.20. The minimum atomic E-state index is -4.39. The Hall–Kier alpha value is -2.75. The first-order chi connectivity index (χ1) is 13.3. The Balaban J connectivity index is 1.51. The van der Waals surface area contributed by atoms with E-state index in [0.717, 1.165) is 21.0 Å². The van der Waals surface area contributed by atoms with Gasteiger partial charge in [-0.05, 0) is 30.5 Å². The third kappa shape index (κ3) is 2.88. The molecule has 6 nitrogen and oxygen atoms in total. The number of nitrogens with zero attached hydrogens (tertiary/aromatic N) is 6. The Morgan fingerprint density at radius 3 is 2.75 bits per heavy atom. The van der Waals surface area contributed by atoms with E-state index < -0.39 is 18.7 Å². The number of pyridine rings is 1. The van der Waals surface area contributed by atoms with Crippen LogP contribution in [0.5, 0.6) is 0 Å². The predicted molar refractivity (Wildman–Crippen MR) is 91.6 cm³/mol. The standard InChI is InChI=1S/C17H11ClF4N6/c18-13-4-11(16-23-6-14(19)28(16)26-13)9-3-10(9)12-2-1-8-5-24-27(15(8)25-12)7-17(20,21)22/h1-2,4-6,9-10H,3,7H2/t9?,10-/m0/s1. The van der Waals surface area contributed by atoms with Gasteiger partial charge in [0.15, 0.2) is 16.4 Å². The molecule has 0 saturated heterocycles. The molecule has 0 spiro atoms. The van der Waals surface area contributed by atoms with Crippen molar-refractivity contribution in [1.29, 1.82) is 0 Å². The van der Waals surface area contributed by atoms with Gasteiger partial charge in [0.05, 0.1) is 12.4 Å². The molecule has 1 saturated carbocycles. The normalized spacial score (nSPS) is 19.6. The maximum atomic E-state index is 13.8. The van der Waals surface area contributed by atoms with Crippen molar-refractivity contribution in [1.82, 2.24) is 29.4 Å². The van der Waals surface area contributed by atoms with Crippen LogP contribution in [0.3, 0.4) is 0 Å². The van der Waals surface area contributed by atoms with Gasteiger partial charge in [0.1, 0.15) is 6.54 Å². The molecule has 144 valence electrons. The molecule has 0 aliphatic heterocycles. The molecule has 0 aromatic carbocycles. The molecule has 5 rings (SSSR count). The average molecular weight is 411 g/mol. The summed E-state index contributed by atoms with van der Waals surface area (Å²) >= 11 is 6.00. The van der Waals surface area contributed by atoms with E-state index in [1.807, 2.05) is 0 Å². The highest BCUT2D eigenvalue weighted by Gasteiger charge is 2.43. The summed E-state index contributed by atoms with van der Waals surface area (Å²) in [5.74, 6) is -0.666. The lowest BCUT2D eigenvalue weighted by atomic mass is 10.1. The summed E-state index contributed by atoms with van der Waals surface area (Å²) in [4.78, 5) is 8.47. The molecule has 28 heavy (non-hydrogen) atoms. The zero-order valence-electron chi connectivity index (χ0n) is 14.0. The minimum Gasteiger partial charge on any atom is -0.238 e. The summed E-state index contributed by atoms with van der Waals surface area (Å²) in [6, 6.07) is 5.12. The van der Waals surface area contributed by atoms with Crippen molar-refractivity contribution in [2.75, 3.05) is 0 Å². The van der Waals surface area contributed by atoms with Gasteiger partial charge in [0.2, 0.25) is 5.95 Å². The van der Waals surface area contributed by atoms with Gasteiger partial charge >= 0.3 is 6.18 Å². The van der Waals surface area contributed by atoms with Crippen molar-refractivity contribution in [2.45, 2.75) is 31.0 Å². The highest BCUT2D eigenvalue weighted by molar-refractivity contribution is 6.29. The largest absolute Gasteiger partial charge is 0.408 e. The molecule has 0 amide bonds. The van der Waals surface area contributed by atoms with E-state index in [0.29, 0.717) is 23.1 Å². The van der Waals surface area contributed by atoms with E-state index in [-0.39, 0.29) is 22.6 Å². The molecule has 1 fully saturated rings. The van der Waals surface area contributed by atoms with Crippen LogP contribution in [0.1, 0.15) is 29.5 Å². The highest BCUT2D eigenvalue weighted by atomic mass is 35.5. The molecule has 1 unspecified atom stereocenters. The van der Waals surface area contributed by atoms with E-state index in [2.05, 4.69) is 20.2 Å². The predicted octanol–water partition coefficient (Wildman–Crippen LogP) is 4.10. The monoisotopic (exact) mass is 410 g/mol. The highest BCUT2D eigenvalue weighted by Crippen LogP contribution is 2.55. The maximum absolute atomic E-state index is 13.8. The fourth-order valence-electron chi connectivity index (χ4n) is 3.53. The smallest absolute Gasteiger partial charge is 0.238 e. The van der Waals surface area contributed by atoms with Crippen LogP contribution in [-0.2, 0) is 6.54 Å². The number of alkyl halides is 3. The number of hydrogen-bond donors (Lipinski definition) is 0. The van der Waals surface area contributed by atoms with Crippen LogP contribution < -0.4 is 0 Å². The molecule has 4 heterocycles. The second kappa shape index (κ2) is 5.87. The van der Waals surface area contributed by atoms with Crippen LogP contribution in [0, 0.1) is 5.95 Å². The Morgan fingerprint density at radius 2 is 1.96 bits per heavy atom. The summed E-state index contributed by atoms with van der Waals surface area (Å²) in [7, 11) is 0. The Labute approximate surface area is 159 Å². The third-order valence-electron chi connectivity index (χ3n) is 4.83. The number of aromatic nitrogens is 6. The van der Waals surface area contributed by atoms with Crippen molar-refractivity contribution in [2.24, 2.45) is 0 Å².